The van der Waals surface area contributed by atoms with Gasteiger partial charge in [0.25, 0.3) is 0 Å². The zero-order valence-corrected chi connectivity index (χ0v) is 11.4. The van der Waals surface area contributed by atoms with Crippen LogP contribution in [0, 0.1) is 5.92 Å². The van der Waals surface area contributed by atoms with Crippen LogP contribution in [-0.4, -0.2) is 25.2 Å². The van der Waals surface area contributed by atoms with Gasteiger partial charge in [-0.05, 0) is 36.5 Å². The molecule has 2 atom stereocenters. The monoisotopic (exact) mass is 262 g/mol. The van der Waals surface area contributed by atoms with Gasteiger partial charge >= 0.3 is 0 Å². The molecule has 0 saturated carbocycles. The summed E-state index contributed by atoms with van der Waals surface area (Å²) >= 11 is 0. The number of benzene rings is 1. The smallest absolute Gasteiger partial charge is 0.248 e. The molecule has 3 N–H and O–H groups in total. The van der Waals surface area contributed by atoms with Crippen molar-refractivity contribution in [3.63, 3.8) is 0 Å². The normalized spacial score (nSPS) is 22.6. The Kier molecular flexibility index (Phi) is 4.93. The number of carbonyl (C=O) groups excluding carboxylic acids is 1. The molecule has 4 heteroatoms. The van der Waals surface area contributed by atoms with Crippen molar-refractivity contribution in [3.05, 3.63) is 35.4 Å². The van der Waals surface area contributed by atoms with Crippen LogP contribution in [0.15, 0.2) is 24.3 Å². The topological polar surface area (TPSA) is 64.3 Å². The lowest BCUT2D eigenvalue weighted by atomic mass is 9.99. The number of carbonyl (C=O) groups is 1. The van der Waals surface area contributed by atoms with Gasteiger partial charge in [-0.25, -0.2) is 0 Å². The van der Waals surface area contributed by atoms with Gasteiger partial charge in [0.15, 0.2) is 0 Å². The quantitative estimate of drug-likeness (QED) is 0.820. The molecule has 0 bridgehead atoms. The molecule has 2 unspecified atom stereocenters. The highest BCUT2D eigenvalue weighted by atomic mass is 16.5. The summed E-state index contributed by atoms with van der Waals surface area (Å²) in [5.41, 5.74) is 6.93. The lowest BCUT2D eigenvalue weighted by molar-refractivity contribution is 0.0872. The zero-order valence-electron chi connectivity index (χ0n) is 11.4. The van der Waals surface area contributed by atoms with E-state index in [2.05, 4.69) is 12.2 Å². The van der Waals surface area contributed by atoms with Crippen molar-refractivity contribution in [3.8, 4) is 0 Å². The van der Waals surface area contributed by atoms with Crippen LogP contribution in [0.1, 0.15) is 35.7 Å². The Hall–Kier alpha value is -1.39. The molecular formula is C15H22N2O2. The molecule has 4 nitrogen and oxygen atoms in total. The number of rotatable bonds is 6. The van der Waals surface area contributed by atoms with Gasteiger partial charge in [0, 0.05) is 25.3 Å². The maximum atomic E-state index is 11.0. The molecule has 1 aliphatic heterocycles. The number of nitrogens with two attached hydrogens (primary N) is 1. The number of hydrogen-bond donors (Lipinski definition) is 2. The first-order chi connectivity index (χ1) is 9.20. The second kappa shape index (κ2) is 6.68. The van der Waals surface area contributed by atoms with E-state index in [9.17, 15) is 4.79 Å². The second-order valence-corrected chi connectivity index (χ2v) is 5.06. The molecule has 2 rings (SSSR count). The van der Waals surface area contributed by atoms with Gasteiger partial charge in [0.1, 0.15) is 0 Å². The fourth-order valence-corrected chi connectivity index (χ4v) is 2.57. The summed E-state index contributed by atoms with van der Waals surface area (Å²) in [5.74, 6) is 0.239. The molecule has 1 aromatic carbocycles. The van der Waals surface area contributed by atoms with Crippen LogP contribution in [0.25, 0.3) is 0 Å². The minimum absolute atomic E-state index is 0.381. The number of ether oxygens (including phenoxy) is 1. The Balaban J connectivity index is 1.77. The van der Waals surface area contributed by atoms with Crippen LogP contribution in [0.2, 0.25) is 0 Å². The fourth-order valence-electron chi connectivity index (χ4n) is 2.57. The summed E-state index contributed by atoms with van der Waals surface area (Å²) < 4.78 is 5.67. The SMILES string of the molecule is CCC1OCCC1CNCc1ccc(C(N)=O)cc1. The highest BCUT2D eigenvalue weighted by Crippen LogP contribution is 2.22. The minimum atomic E-state index is -0.381. The molecule has 104 valence electrons. The summed E-state index contributed by atoms with van der Waals surface area (Å²) in [5, 5.41) is 3.46. The van der Waals surface area contributed by atoms with Crippen LogP contribution in [0.4, 0.5) is 0 Å². The molecule has 0 radical (unpaired) electrons. The van der Waals surface area contributed by atoms with Crippen LogP contribution in [0.3, 0.4) is 0 Å². The van der Waals surface area contributed by atoms with Crippen molar-refractivity contribution < 1.29 is 9.53 Å². The van der Waals surface area contributed by atoms with Crippen LogP contribution < -0.4 is 11.1 Å². The summed E-state index contributed by atoms with van der Waals surface area (Å²) in [6, 6.07) is 7.42. The Labute approximate surface area is 114 Å². The van der Waals surface area contributed by atoms with E-state index in [1.807, 2.05) is 12.1 Å². The van der Waals surface area contributed by atoms with Crippen molar-refractivity contribution in [2.75, 3.05) is 13.2 Å². The third kappa shape index (κ3) is 3.78. The molecule has 1 saturated heterocycles. The summed E-state index contributed by atoms with van der Waals surface area (Å²) in [6.45, 7) is 4.85. The zero-order chi connectivity index (χ0) is 13.7. The van der Waals surface area contributed by atoms with E-state index in [-0.39, 0.29) is 5.91 Å². The van der Waals surface area contributed by atoms with E-state index in [0.29, 0.717) is 17.6 Å². The van der Waals surface area contributed by atoms with Crippen molar-refractivity contribution in [1.82, 2.24) is 5.32 Å². The predicted molar refractivity (Wildman–Crippen MR) is 74.8 cm³/mol. The molecule has 1 aromatic rings. The third-order valence-corrected chi connectivity index (χ3v) is 3.72. The standard InChI is InChI=1S/C15H22N2O2/c1-2-14-13(7-8-19-14)10-17-9-11-3-5-12(6-4-11)15(16)18/h3-6,13-14,17H,2,7-10H2,1H3,(H2,16,18). The minimum Gasteiger partial charge on any atom is -0.378 e. The van der Waals surface area contributed by atoms with Crippen molar-refractivity contribution in [2.45, 2.75) is 32.4 Å². The first-order valence-corrected chi connectivity index (χ1v) is 6.91. The van der Waals surface area contributed by atoms with Crippen LogP contribution >= 0.6 is 0 Å². The van der Waals surface area contributed by atoms with E-state index >= 15 is 0 Å². The van der Waals surface area contributed by atoms with Crippen molar-refractivity contribution >= 4 is 5.91 Å². The Morgan fingerprint density at radius 3 is 2.79 bits per heavy atom. The number of nitrogens with one attached hydrogen (secondary N) is 1. The van der Waals surface area contributed by atoms with E-state index < -0.39 is 0 Å². The lowest BCUT2D eigenvalue weighted by Gasteiger charge is -2.17. The summed E-state index contributed by atoms with van der Waals surface area (Å²) in [6.07, 6.45) is 2.64. The maximum absolute atomic E-state index is 11.0. The van der Waals surface area contributed by atoms with Crippen molar-refractivity contribution in [2.24, 2.45) is 11.7 Å². The van der Waals surface area contributed by atoms with E-state index in [1.165, 1.54) is 0 Å². The molecule has 19 heavy (non-hydrogen) atoms. The van der Waals surface area contributed by atoms with Gasteiger partial charge in [0.05, 0.1) is 6.10 Å². The van der Waals surface area contributed by atoms with Gasteiger partial charge in [-0.15, -0.1) is 0 Å². The number of hydrogen-bond acceptors (Lipinski definition) is 3. The van der Waals surface area contributed by atoms with Crippen LogP contribution in [0.5, 0.6) is 0 Å². The number of amides is 1. The lowest BCUT2D eigenvalue weighted by Crippen LogP contribution is -2.27. The van der Waals surface area contributed by atoms with Gasteiger partial charge in [-0.3, -0.25) is 4.79 Å². The molecule has 0 aliphatic carbocycles. The maximum Gasteiger partial charge on any atom is 0.248 e. The van der Waals surface area contributed by atoms with Crippen LogP contribution in [-0.2, 0) is 11.3 Å². The average molecular weight is 262 g/mol. The molecule has 1 heterocycles. The predicted octanol–water partition coefficient (Wildman–Crippen LogP) is 1.69. The van der Waals surface area contributed by atoms with Gasteiger partial charge in [-0.2, -0.15) is 0 Å². The van der Waals surface area contributed by atoms with Gasteiger partial charge < -0.3 is 15.8 Å². The highest BCUT2D eigenvalue weighted by Gasteiger charge is 2.25. The molecular weight excluding hydrogens is 240 g/mol. The average Bonchev–Trinajstić information content (AvgIpc) is 2.87. The number of primary amides is 1. The second-order valence-electron chi connectivity index (χ2n) is 5.06. The first kappa shape index (κ1) is 14.0. The molecule has 1 aliphatic rings. The van der Waals surface area contributed by atoms with E-state index in [0.717, 1.165) is 38.1 Å². The summed E-state index contributed by atoms with van der Waals surface area (Å²) in [4.78, 5) is 11.0. The summed E-state index contributed by atoms with van der Waals surface area (Å²) in [7, 11) is 0. The van der Waals surface area contributed by atoms with Crippen molar-refractivity contribution in [1.29, 1.82) is 0 Å². The highest BCUT2D eigenvalue weighted by molar-refractivity contribution is 5.92. The molecule has 0 spiro atoms. The third-order valence-electron chi connectivity index (χ3n) is 3.72. The Bertz CT molecular complexity index is 417. The van der Waals surface area contributed by atoms with E-state index in [1.54, 1.807) is 12.1 Å². The molecule has 0 aromatic heterocycles. The fraction of sp³-hybridized carbons (Fsp3) is 0.533. The Morgan fingerprint density at radius 1 is 1.42 bits per heavy atom. The Morgan fingerprint density at radius 2 is 2.16 bits per heavy atom. The van der Waals surface area contributed by atoms with Gasteiger partial charge in [0.2, 0.25) is 5.91 Å². The molecule has 1 amide bonds. The largest absolute Gasteiger partial charge is 0.378 e. The first-order valence-electron chi connectivity index (χ1n) is 6.91. The molecule has 1 fully saturated rings. The van der Waals surface area contributed by atoms with E-state index in [4.69, 9.17) is 10.5 Å². The van der Waals surface area contributed by atoms with Gasteiger partial charge in [-0.1, -0.05) is 19.1 Å².